The number of aromatic nitrogens is 2. The minimum atomic E-state index is -0.816. The van der Waals surface area contributed by atoms with Crippen LogP contribution in [0.25, 0.3) is 84.8 Å². The first-order valence-corrected chi connectivity index (χ1v) is 22.9. The van der Waals surface area contributed by atoms with Gasteiger partial charge in [-0.25, -0.2) is 0 Å². The second kappa shape index (κ2) is 18.1. The smallest absolute Gasteiger partial charge is 0.343 e. The Balaban J connectivity index is 0.000000291. The number of benzene rings is 7. The van der Waals surface area contributed by atoms with Crippen LogP contribution in [0.15, 0.2) is 174 Å². The molecule has 3 heterocycles. The van der Waals surface area contributed by atoms with Crippen LogP contribution in [-0.2, 0) is 20.1 Å². The average Bonchev–Trinajstić information content (AvgIpc) is 3.89. The topological polar surface area (TPSA) is 29.9 Å². The summed E-state index contributed by atoms with van der Waals surface area (Å²) in [5.74, 6) is 0.764. The van der Waals surface area contributed by atoms with E-state index >= 15 is 0 Å². The molecule has 10 rings (SSSR count). The van der Waals surface area contributed by atoms with Gasteiger partial charge in [-0.15, -0.1) is 17.7 Å². The van der Waals surface area contributed by atoms with E-state index in [2.05, 4.69) is 163 Å². The standard InChI is InChI=1S/C43H34NOTe.C13H12N.Ir/c1-26(2)36-23-31(29-15-9-6-10-16-29)24-37(27(3)4)40(36)34-18-12-20-38-42(34)46-43(44-38)35-19-11-17-33-32-22-21-30(25-39(32)45-41(33)35)28-13-7-5-8-14-28;1-11-7-3-4-8-12(11)13-9-5-6-10-14(13)2;/h5-18,20-27H,1-4H3;3-10H,1-2H2;/q2*-1;+3. The first-order chi connectivity index (χ1) is 29.2. The van der Waals surface area contributed by atoms with E-state index in [4.69, 9.17) is 9.40 Å². The molecule has 0 aliphatic rings. The maximum Gasteiger partial charge on any atom is 3.00 e. The zero-order valence-corrected chi connectivity index (χ0v) is 39.5. The summed E-state index contributed by atoms with van der Waals surface area (Å²) >= 11 is -0.816. The average molecular weight is 1080 g/mol. The van der Waals surface area contributed by atoms with Gasteiger partial charge in [0, 0.05) is 7.05 Å². The SMILES string of the molecule is CC(C)c1cc(-c2ccccc2)cc(C(C)C)c1-c1cccc2nc(-c3[c-]ccc4c3oc3cc(-c5ccccc5)ccc34)[te]c12.[CH2-]c1ccccc1-c1cccc[n+]1[CH2-].[Ir+3]. The van der Waals surface area contributed by atoms with E-state index in [0.717, 1.165) is 59.1 Å². The fourth-order valence-corrected chi connectivity index (χ4v) is 11.3. The Morgan fingerprint density at radius 2 is 1.26 bits per heavy atom. The van der Waals surface area contributed by atoms with Gasteiger partial charge in [0.2, 0.25) is 0 Å². The predicted molar refractivity (Wildman–Crippen MR) is 252 cm³/mol. The molecule has 3 nitrogen and oxygen atoms in total. The van der Waals surface area contributed by atoms with Crippen molar-refractivity contribution in [1.82, 2.24) is 4.98 Å². The van der Waals surface area contributed by atoms with Crippen LogP contribution in [0.3, 0.4) is 0 Å². The minimum Gasteiger partial charge on any atom is -0.343 e. The van der Waals surface area contributed by atoms with Crippen molar-refractivity contribution in [2.24, 2.45) is 0 Å². The molecule has 0 unspecified atom stereocenters. The van der Waals surface area contributed by atoms with Crippen LogP contribution in [0.2, 0.25) is 0 Å². The Morgan fingerprint density at radius 3 is 1.93 bits per heavy atom. The molecule has 7 aromatic carbocycles. The van der Waals surface area contributed by atoms with E-state index in [9.17, 15) is 0 Å². The Labute approximate surface area is 382 Å². The summed E-state index contributed by atoms with van der Waals surface area (Å²) in [5.41, 5.74) is 17.6. The van der Waals surface area contributed by atoms with Gasteiger partial charge in [-0.3, -0.25) is 0 Å². The van der Waals surface area contributed by atoms with E-state index in [-0.39, 0.29) is 20.1 Å². The molecular weight excluding hydrogens is 1040 g/mol. The molecule has 0 bridgehead atoms. The fourth-order valence-electron chi connectivity index (χ4n) is 8.16. The van der Waals surface area contributed by atoms with E-state index < -0.39 is 20.4 Å². The summed E-state index contributed by atoms with van der Waals surface area (Å²) in [4.78, 5) is 5.29. The van der Waals surface area contributed by atoms with Crippen molar-refractivity contribution in [3.63, 3.8) is 0 Å². The Bertz CT molecular complexity index is 3050. The third-order valence-electron chi connectivity index (χ3n) is 11.2. The molecule has 300 valence electrons. The number of pyridine rings is 1. The van der Waals surface area contributed by atoms with Crippen molar-refractivity contribution in [2.75, 3.05) is 0 Å². The van der Waals surface area contributed by atoms with Crippen LogP contribution in [0.5, 0.6) is 0 Å². The third-order valence-corrected chi connectivity index (χ3v) is 14.4. The normalized spacial score (nSPS) is 11.2. The van der Waals surface area contributed by atoms with Crippen LogP contribution >= 0.6 is 0 Å². The van der Waals surface area contributed by atoms with Crippen molar-refractivity contribution < 1.29 is 29.1 Å². The number of hydrogen-bond acceptors (Lipinski definition) is 2. The van der Waals surface area contributed by atoms with Gasteiger partial charge in [-0.1, -0.05) is 24.3 Å². The van der Waals surface area contributed by atoms with E-state index in [0.29, 0.717) is 11.8 Å². The monoisotopic (exact) mass is 1090 g/mol. The molecule has 3 aromatic heterocycles. The molecular formula is C56H46IrN2OTe+. The van der Waals surface area contributed by atoms with Gasteiger partial charge in [0.15, 0.2) is 0 Å². The maximum absolute atomic E-state index is 6.64. The summed E-state index contributed by atoms with van der Waals surface area (Å²) in [5, 5.41) is 2.25. The van der Waals surface area contributed by atoms with Crippen molar-refractivity contribution in [1.29, 1.82) is 0 Å². The second-order valence-electron chi connectivity index (χ2n) is 15.9. The predicted octanol–water partition coefficient (Wildman–Crippen LogP) is 14.4. The van der Waals surface area contributed by atoms with Gasteiger partial charge >= 0.3 is 302 Å². The van der Waals surface area contributed by atoms with Crippen LogP contribution in [0.1, 0.15) is 56.2 Å². The number of rotatable bonds is 7. The van der Waals surface area contributed by atoms with Crippen LogP contribution in [0, 0.1) is 20.0 Å². The Hall–Kier alpha value is -5.66. The van der Waals surface area contributed by atoms with Crippen molar-refractivity contribution >= 4 is 51.3 Å². The van der Waals surface area contributed by atoms with Crippen molar-refractivity contribution in [3.8, 4) is 53.9 Å². The number of furan rings is 1. The first kappa shape index (κ1) is 42.0. The van der Waals surface area contributed by atoms with Gasteiger partial charge < -0.3 is 4.57 Å². The van der Waals surface area contributed by atoms with Gasteiger partial charge in [-0.2, -0.15) is 18.6 Å². The van der Waals surface area contributed by atoms with Gasteiger partial charge in [-0.05, 0) is 0 Å². The summed E-state index contributed by atoms with van der Waals surface area (Å²) in [7, 11) is 3.93. The Morgan fingerprint density at radius 1 is 0.623 bits per heavy atom. The molecule has 5 heteroatoms. The van der Waals surface area contributed by atoms with Gasteiger partial charge in [0.25, 0.3) is 0 Å². The number of nitrogens with zero attached hydrogens (tertiary/aromatic N) is 2. The minimum absolute atomic E-state index is 0. The molecule has 0 radical (unpaired) electrons. The summed E-state index contributed by atoms with van der Waals surface area (Å²) in [6, 6.07) is 61.1. The van der Waals surface area contributed by atoms with E-state index in [1.54, 1.807) is 0 Å². The van der Waals surface area contributed by atoms with E-state index in [1.807, 2.05) is 59.3 Å². The quantitative estimate of drug-likeness (QED) is 0.0904. The zero-order chi connectivity index (χ0) is 41.3. The summed E-state index contributed by atoms with van der Waals surface area (Å²) in [6.07, 6.45) is 1.93. The van der Waals surface area contributed by atoms with Gasteiger partial charge in [0.1, 0.15) is 0 Å². The number of hydrogen-bond donors (Lipinski definition) is 0. The fraction of sp³-hybridized carbons (Fsp3) is 0.107. The maximum atomic E-state index is 6.64. The van der Waals surface area contributed by atoms with Crippen molar-refractivity contribution in [3.05, 3.63) is 207 Å². The van der Waals surface area contributed by atoms with Crippen LogP contribution in [0.4, 0.5) is 0 Å². The molecule has 61 heavy (non-hydrogen) atoms. The largest absolute Gasteiger partial charge is 3.00 e. The third kappa shape index (κ3) is 8.37. The molecule has 0 spiro atoms. The molecule has 0 N–H and O–H groups in total. The summed E-state index contributed by atoms with van der Waals surface area (Å²) in [6.45, 7) is 13.3. The molecule has 0 saturated heterocycles. The molecule has 0 atom stereocenters. The number of fused-ring (bicyclic) bond motifs is 4. The molecule has 0 aliphatic carbocycles. The summed E-state index contributed by atoms with van der Waals surface area (Å²) < 4.78 is 11.0. The molecule has 0 amide bonds. The zero-order valence-electron chi connectivity index (χ0n) is 34.8. The van der Waals surface area contributed by atoms with Crippen LogP contribution < -0.4 is 4.57 Å². The molecule has 0 saturated carbocycles. The molecule has 0 aliphatic heterocycles. The van der Waals surface area contributed by atoms with Gasteiger partial charge in [0.05, 0.1) is 11.9 Å². The second-order valence-corrected chi connectivity index (χ2v) is 18.7. The van der Waals surface area contributed by atoms with Crippen LogP contribution in [-0.4, -0.2) is 25.4 Å². The molecule has 10 aromatic rings. The Kier molecular flexibility index (Phi) is 12.5. The van der Waals surface area contributed by atoms with Crippen molar-refractivity contribution in [2.45, 2.75) is 39.5 Å². The molecule has 0 fully saturated rings. The van der Waals surface area contributed by atoms with E-state index in [1.165, 1.54) is 42.3 Å². The first-order valence-electron chi connectivity index (χ1n) is 20.5.